The van der Waals surface area contributed by atoms with Gasteiger partial charge in [0.25, 0.3) is 0 Å². The van der Waals surface area contributed by atoms with E-state index in [0.717, 1.165) is 17.0 Å². The van der Waals surface area contributed by atoms with Crippen LogP contribution in [0, 0.1) is 13.8 Å². The molecule has 2 atom stereocenters. The van der Waals surface area contributed by atoms with Crippen molar-refractivity contribution in [2.24, 2.45) is 0 Å². The number of ketones is 1. The molecular weight excluding hydrogens is 350 g/mol. The van der Waals surface area contributed by atoms with Crippen LogP contribution in [-0.2, 0) is 9.53 Å². The van der Waals surface area contributed by atoms with E-state index in [1.807, 2.05) is 87.5 Å². The van der Waals surface area contributed by atoms with E-state index < -0.39 is 6.10 Å². The minimum absolute atomic E-state index is 0.00380. The van der Waals surface area contributed by atoms with Crippen molar-refractivity contribution < 1.29 is 14.3 Å². The van der Waals surface area contributed by atoms with Gasteiger partial charge in [-0.1, -0.05) is 60.7 Å². The third kappa shape index (κ3) is 3.91. The molecule has 0 aliphatic rings. The average Bonchev–Trinajstić information content (AvgIpc) is 3.00. The highest BCUT2D eigenvalue weighted by atomic mass is 16.5. The molecule has 0 fully saturated rings. The fraction of sp³-hybridized carbons (Fsp3) is 0.250. The molecular formula is C24H25NO3. The molecule has 2 aromatic carbocycles. The third-order valence-electron chi connectivity index (χ3n) is 5.03. The number of aromatic nitrogens is 1. The summed E-state index contributed by atoms with van der Waals surface area (Å²) < 4.78 is 7.75. The molecule has 4 heteroatoms. The molecule has 0 radical (unpaired) electrons. The van der Waals surface area contributed by atoms with Crippen molar-refractivity contribution in [3.05, 3.63) is 94.8 Å². The molecule has 3 rings (SSSR count). The van der Waals surface area contributed by atoms with Gasteiger partial charge < -0.3 is 9.30 Å². The lowest BCUT2D eigenvalue weighted by molar-refractivity contribution is -0.149. The van der Waals surface area contributed by atoms with Gasteiger partial charge in [-0.3, -0.25) is 9.59 Å². The molecule has 0 aliphatic heterocycles. The number of nitrogens with zero attached hydrogens (tertiary/aromatic N) is 1. The Morgan fingerprint density at radius 1 is 0.929 bits per heavy atom. The number of ether oxygens (including phenoxy) is 1. The molecule has 0 amide bonds. The van der Waals surface area contributed by atoms with Gasteiger partial charge in [-0.2, -0.15) is 0 Å². The van der Waals surface area contributed by atoms with Crippen LogP contribution in [0.2, 0.25) is 0 Å². The van der Waals surface area contributed by atoms with Crippen LogP contribution in [0.5, 0.6) is 0 Å². The van der Waals surface area contributed by atoms with Crippen molar-refractivity contribution in [3.8, 4) is 0 Å². The molecule has 0 saturated carbocycles. The topological polar surface area (TPSA) is 48.3 Å². The number of hydrogen-bond donors (Lipinski definition) is 0. The molecule has 0 aliphatic carbocycles. The molecule has 1 heterocycles. The lowest BCUT2D eigenvalue weighted by Crippen LogP contribution is -2.22. The number of carbonyl (C=O) groups is 2. The maximum atomic E-state index is 13.0. The minimum atomic E-state index is -0.442. The van der Waals surface area contributed by atoms with Gasteiger partial charge in [-0.25, -0.2) is 0 Å². The second-order valence-electron chi connectivity index (χ2n) is 7.03. The van der Waals surface area contributed by atoms with E-state index in [0.29, 0.717) is 11.1 Å². The first-order valence-corrected chi connectivity index (χ1v) is 9.40. The predicted molar refractivity (Wildman–Crippen MR) is 109 cm³/mol. The van der Waals surface area contributed by atoms with Crippen molar-refractivity contribution in [3.63, 3.8) is 0 Å². The summed E-state index contributed by atoms with van der Waals surface area (Å²) in [6.07, 6.45) is -0.442. The van der Waals surface area contributed by atoms with Gasteiger partial charge in [0.15, 0.2) is 5.78 Å². The van der Waals surface area contributed by atoms with E-state index in [9.17, 15) is 9.59 Å². The Morgan fingerprint density at radius 3 is 2.07 bits per heavy atom. The fourth-order valence-corrected chi connectivity index (χ4v) is 3.78. The summed E-state index contributed by atoms with van der Waals surface area (Å²) in [5.74, 6) is -0.334. The van der Waals surface area contributed by atoms with Crippen molar-refractivity contribution in [1.29, 1.82) is 0 Å². The standard InChI is InChI=1S/C24H25NO3/c1-16-15-22(23(27)20-11-7-5-8-12-20)17(2)25(16)18(3)24(28-19(4)26)21-13-9-6-10-14-21/h5-15,18,24H,1-4H3. The van der Waals surface area contributed by atoms with E-state index >= 15 is 0 Å². The van der Waals surface area contributed by atoms with Crippen LogP contribution >= 0.6 is 0 Å². The van der Waals surface area contributed by atoms with Crippen molar-refractivity contribution >= 4 is 11.8 Å². The van der Waals surface area contributed by atoms with Crippen LogP contribution in [0.15, 0.2) is 66.7 Å². The van der Waals surface area contributed by atoms with Gasteiger partial charge in [0.05, 0.1) is 6.04 Å². The minimum Gasteiger partial charge on any atom is -0.455 e. The van der Waals surface area contributed by atoms with Gasteiger partial charge in [-0.15, -0.1) is 0 Å². The van der Waals surface area contributed by atoms with Crippen molar-refractivity contribution in [2.75, 3.05) is 0 Å². The summed E-state index contributed by atoms with van der Waals surface area (Å²) >= 11 is 0. The van der Waals surface area contributed by atoms with Crippen LogP contribution in [0.4, 0.5) is 0 Å². The van der Waals surface area contributed by atoms with E-state index in [1.165, 1.54) is 6.92 Å². The van der Waals surface area contributed by atoms with Crippen LogP contribution in [0.3, 0.4) is 0 Å². The van der Waals surface area contributed by atoms with Crippen LogP contribution in [-0.4, -0.2) is 16.3 Å². The normalized spacial score (nSPS) is 13.0. The lowest BCUT2D eigenvalue weighted by atomic mass is 10.0. The molecule has 4 nitrogen and oxygen atoms in total. The number of aryl methyl sites for hydroxylation is 1. The number of carbonyl (C=O) groups excluding carboxylic acids is 2. The zero-order valence-electron chi connectivity index (χ0n) is 16.7. The van der Waals surface area contributed by atoms with Crippen LogP contribution < -0.4 is 0 Å². The quantitative estimate of drug-likeness (QED) is 0.439. The summed E-state index contributed by atoms with van der Waals surface area (Å²) in [6.45, 7) is 7.34. The summed E-state index contributed by atoms with van der Waals surface area (Å²) in [6, 6.07) is 20.7. The zero-order chi connectivity index (χ0) is 20.3. The number of rotatable bonds is 6. The van der Waals surface area contributed by atoms with Gasteiger partial charge >= 0.3 is 5.97 Å². The Labute approximate surface area is 165 Å². The molecule has 0 saturated heterocycles. The molecule has 0 N–H and O–H groups in total. The Hall–Kier alpha value is -3.14. The van der Waals surface area contributed by atoms with Gasteiger partial charge in [0.1, 0.15) is 6.10 Å². The van der Waals surface area contributed by atoms with E-state index in [4.69, 9.17) is 4.74 Å². The van der Waals surface area contributed by atoms with Gasteiger partial charge in [-0.05, 0) is 32.4 Å². The first-order valence-electron chi connectivity index (χ1n) is 9.40. The highest BCUT2D eigenvalue weighted by Crippen LogP contribution is 2.34. The summed E-state index contributed by atoms with van der Waals surface area (Å²) in [4.78, 5) is 24.7. The summed E-state index contributed by atoms with van der Waals surface area (Å²) in [5.41, 5.74) is 4.08. The smallest absolute Gasteiger partial charge is 0.303 e. The Morgan fingerprint density at radius 2 is 1.50 bits per heavy atom. The average molecular weight is 375 g/mol. The third-order valence-corrected chi connectivity index (χ3v) is 5.03. The Bertz CT molecular complexity index is 974. The first-order chi connectivity index (χ1) is 13.4. The Kier molecular flexibility index (Phi) is 5.78. The summed E-state index contributed by atoms with van der Waals surface area (Å²) in [7, 11) is 0. The van der Waals surface area contributed by atoms with E-state index in [2.05, 4.69) is 4.57 Å². The maximum absolute atomic E-state index is 13.0. The molecule has 0 bridgehead atoms. The highest BCUT2D eigenvalue weighted by Gasteiger charge is 2.28. The van der Waals surface area contributed by atoms with E-state index in [1.54, 1.807) is 0 Å². The summed E-state index contributed by atoms with van der Waals surface area (Å²) in [5, 5.41) is 0. The number of esters is 1. The Balaban J connectivity index is 2.01. The van der Waals surface area contributed by atoms with Crippen LogP contribution in [0.1, 0.15) is 58.9 Å². The fourth-order valence-electron chi connectivity index (χ4n) is 3.78. The largest absolute Gasteiger partial charge is 0.455 e. The van der Waals surface area contributed by atoms with Crippen LogP contribution in [0.25, 0.3) is 0 Å². The molecule has 3 aromatic rings. The molecule has 2 unspecified atom stereocenters. The SMILES string of the molecule is CC(=O)OC(c1ccccc1)C(C)n1c(C)cc(C(=O)c2ccccc2)c1C. The molecule has 1 aromatic heterocycles. The molecule has 28 heavy (non-hydrogen) atoms. The second-order valence-corrected chi connectivity index (χ2v) is 7.03. The molecule has 144 valence electrons. The zero-order valence-corrected chi connectivity index (χ0v) is 16.7. The maximum Gasteiger partial charge on any atom is 0.303 e. The van der Waals surface area contributed by atoms with Crippen molar-refractivity contribution in [2.45, 2.75) is 39.8 Å². The van der Waals surface area contributed by atoms with Gasteiger partial charge in [0, 0.05) is 29.4 Å². The predicted octanol–water partition coefficient (Wildman–Crippen LogP) is 5.20. The van der Waals surface area contributed by atoms with Gasteiger partial charge in [0.2, 0.25) is 0 Å². The first kappa shape index (κ1) is 19.6. The van der Waals surface area contributed by atoms with E-state index in [-0.39, 0.29) is 17.8 Å². The highest BCUT2D eigenvalue weighted by molar-refractivity contribution is 6.09. The number of benzene rings is 2. The number of hydrogen-bond acceptors (Lipinski definition) is 3. The molecule has 0 spiro atoms. The van der Waals surface area contributed by atoms with Crippen molar-refractivity contribution in [1.82, 2.24) is 4.57 Å². The monoisotopic (exact) mass is 375 g/mol. The second kappa shape index (κ2) is 8.26. The lowest BCUT2D eigenvalue weighted by Gasteiger charge is -2.28.